The minimum atomic E-state index is 0.704. The second-order valence-corrected chi connectivity index (χ2v) is 5.33. The van der Waals surface area contributed by atoms with E-state index in [1.54, 1.807) is 12.4 Å². The predicted molar refractivity (Wildman–Crippen MR) is 82.8 cm³/mol. The molecule has 6 heteroatoms. The molecule has 3 aromatic heterocycles. The van der Waals surface area contributed by atoms with Crippen molar-refractivity contribution in [2.24, 2.45) is 0 Å². The fraction of sp³-hybridized carbons (Fsp3) is 0.312. The molecule has 6 nitrogen and oxygen atoms in total. The van der Waals surface area contributed by atoms with Gasteiger partial charge in [-0.3, -0.25) is 4.98 Å². The van der Waals surface area contributed by atoms with Crippen LogP contribution >= 0.6 is 0 Å². The lowest BCUT2D eigenvalue weighted by atomic mass is 10.0. The van der Waals surface area contributed by atoms with Crippen molar-refractivity contribution >= 4 is 16.9 Å². The van der Waals surface area contributed by atoms with Crippen LogP contribution in [0.2, 0.25) is 0 Å². The molecule has 0 amide bonds. The Morgan fingerprint density at radius 1 is 1.09 bits per heavy atom. The third kappa shape index (κ3) is 2.12. The summed E-state index contributed by atoms with van der Waals surface area (Å²) in [6.45, 7) is 5.08. The highest BCUT2D eigenvalue weighted by atomic mass is 16.5. The molecule has 1 fully saturated rings. The van der Waals surface area contributed by atoms with E-state index in [1.807, 2.05) is 18.3 Å². The third-order valence-corrected chi connectivity index (χ3v) is 3.98. The first-order chi connectivity index (χ1) is 10.8. The summed E-state index contributed by atoms with van der Waals surface area (Å²) in [4.78, 5) is 10.8. The highest BCUT2D eigenvalue weighted by Crippen LogP contribution is 2.33. The summed E-state index contributed by atoms with van der Waals surface area (Å²) < 4.78 is 11.0. The lowest BCUT2D eigenvalue weighted by molar-refractivity contribution is 0.122. The predicted octanol–water partition coefficient (Wildman–Crippen LogP) is 2.43. The molecule has 3 aromatic rings. The van der Waals surface area contributed by atoms with E-state index in [0.717, 1.165) is 41.1 Å². The Morgan fingerprint density at radius 2 is 1.95 bits per heavy atom. The zero-order valence-electron chi connectivity index (χ0n) is 12.3. The number of fused-ring (bicyclic) bond motifs is 1. The summed E-state index contributed by atoms with van der Waals surface area (Å²) in [6, 6.07) is 3.93. The SMILES string of the molecule is Cc1ccncc1-c1ccnc2c(N3CCOCC3)noc12. The molecule has 4 rings (SSSR count). The molecule has 4 heterocycles. The number of aromatic nitrogens is 3. The van der Waals surface area contributed by atoms with Crippen molar-refractivity contribution in [1.29, 1.82) is 0 Å². The van der Waals surface area contributed by atoms with Crippen LogP contribution in [0.1, 0.15) is 5.56 Å². The highest BCUT2D eigenvalue weighted by Gasteiger charge is 2.21. The number of pyridine rings is 2. The zero-order chi connectivity index (χ0) is 14.9. The van der Waals surface area contributed by atoms with Crippen LogP contribution in [0.3, 0.4) is 0 Å². The second-order valence-electron chi connectivity index (χ2n) is 5.33. The summed E-state index contributed by atoms with van der Waals surface area (Å²) >= 11 is 0. The molecular formula is C16H16N4O2. The van der Waals surface area contributed by atoms with Gasteiger partial charge in [-0.2, -0.15) is 0 Å². The van der Waals surface area contributed by atoms with Crippen LogP contribution in [-0.4, -0.2) is 41.4 Å². The maximum Gasteiger partial charge on any atom is 0.198 e. The number of morpholine rings is 1. The molecule has 0 bridgehead atoms. The van der Waals surface area contributed by atoms with Gasteiger partial charge >= 0.3 is 0 Å². The highest BCUT2D eigenvalue weighted by molar-refractivity contribution is 5.95. The maximum atomic E-state index is 5.62. The quantitative estimate of drug-likeness (QED) is 0.723. The van der Waals surface area contributed by atoms with Gasteiger partial charge in [-0.05, 0) is 24.6 Å². The van der Waals surface area contributed by atoms with Crippen LogP contribution in [0.5, 0.6) is 0 Å². The first kappa shape index (κ1) is 13.2. The Balaban J connectivity index is 1.85. The summed E-state index contributed by atoms with van der Waals surface area (Å²) in [7, 11) is 0. The van der Waals surface area contributed by atoms with Crippen LogP contribution in [0.25, 0.3) is 22.2 Å². The molecule has 0 N–H and O–H groups in total. The molecule has 22 heavy (non-hydrogen) atoms. The Labute approximate surface area is 127 Å². The number of hydrogen-bond donors (Lipinski definition) is 0. The molecule has 0 aliphatic carbocycles. The Hall–Kier alpha value is -2.47. The third-order valence-electron chi connectivity index (χ3n) is 3.98. The molecule has 0 unspecified atom stereocenters. The fourth-order valence-electron chi connectivity index (χ4n) is 2.77. The minimum absolute atomic E-state index is 0.704. The minimum Gasteiger partial charge on any atom is -0.378 e. The van der Waals surface area contributed by atoms with E-state index in [2.05, 4.69) is 26.9 Å². The van der Waals surface area contributed by atoms with Gasteiger partial charge in [-0.25, -0.2) is 4.98 Å². The van der Waals surface area contributed by atoms with Crippen LogP contribution in [0.15, 0.2) is 35.2 Å². The van der Waals surface area contributed by atoms with Crippen LogP contribution in [0, 0.1) is 6.92 Å². The smallest absolute Gasteiger partial charge is 0.198 e. The second kappa shape index (κ2) is 5.38. The van der Waals surface area contributed by atoms with E-state index in [4.69, 9.17) is 9.26 Å². The average Bonchev–Trinajstić information content (AvgIpc) is 3.00. The average molecular weight is 296 g/mol. The van der Waals surface area contributed by atoms with Gasteiger partial charge in [0.1, 0.15) is 0 Å². The van der Waals surface area contributed by atoms with E-state index in [0.29, 0.717) is 18.8 Å². The van der Waals surface area contributed by atoms with Crippen LogP contribution in [0.4, 0.5) is 5.82 Å². The van der Waals surface area contributed by atoms with Gasteiger partial charge in [0.2, 0.25) is 0 Å². The molecule has 0 aromatic carbocycles. The molecule has 1 saturated heterocycles. The molecule has 1 aliphatic heterocycles. The van der Waals surface area contributed by atoms with Gasteiger partial charge in [0.25, 0.3) is 0 Å². The first-order valence-corrected chi connectivity index (χ1v) is 7.32. The Bertz CT molecular complexity index is 809. The lowest BCUT2D eigenvalue weighted by Crippen LogP contribution is -2.36. The van der Waals surface area contributed by atoms with E-state index in [1.165, 1.54) is 0 Å². The van der Waals surface area contributed by atoms with Crippen molar-refractivity contribution in [3.63, 3.8) is 0 Å². The van der Waals surface area contributed by atoms with Gasteiger partial charge in [-0.1, -0.05) is 5.16 Å². The molecule has 0 atom stereocenters. The molecule has 0 radical (unpaired) electrons. The van der Waals surface area contributed by atoms with Gasteiger partial charge in [0.15, 0.2) is 16.9 Å². The summed E-state index contributed by atoms with van der Waals surface area (Å²) in [5.74, 6) is 0.793. The number of hydrogen-bond acceptors (Lipinski definition) is 6. The van der Waals surface area contributed by atoms with Gasteiger partial charge < -0.3 is 14.2 Å². The lowest BCUT2D eigenvalue weighted by Gasteiger charge is -2.26. The van der Waals surface area contributed by atoms with Crippen molar-refractivity contribution in [1.82, 2.24) is 15.1 Å². The number of rotatable bonds is 2. The zero-order valence-corrected chi connectivity index (χ0v) is 12.3. The van der Waals surface area contributed by atoms with Crippen molar-refractivity contribution in [2.45, 2.75) is 6.92 Å². The number of nitrogens with zero attached hydrogens (tertiary/aromatic N) is 4. The standard InChI is InChI=1S/C16H16N4O2/c1-11-2-4-17-10-13(11)12-3-5-18-14-15(12)22-19-16(14)20-6-8-21-9-7-20/h2-5,10H,6-9H2,1H3. The van der Waals surface area contributed by atoms with Gasteiger partial charge in [0, 0.05) is 42.8 Å². The number of ether oxygens (including phenoxy) is 1. The van der Waals surface area contributed by atoms with Crippen molar-refractivity contribution in [2.75, 3.05) is 31.2 Å². The van der Waals surface area contributed by atoms with E-state index < -0.39 is 0 Å². The normalized spacial score (nSPS) is 15.4. The van der Waals surface area contributed by atoms with Crippen molar-refractivity contribution in [3.8, 4) is 11.1 Å². The van der Waals surface area contributed by atoms with Crippen molar-refractivity contribution in [3.05, 3.63) is 36.3 Å². The van der Waals surface area contributed by atoms with Crippen molar-refractivity contribution < 1.29 is 9.26 Å². The Kier molecular flexibility index (Phi) is 3.23. The van der Waals surface area contributed by atoms with Crippen LogP contribution < -0.4 is 4.90 Å². The molecule has 0 spiro atoms. The monoisotopic (exact) mass is 296 g/mol. The summed E-state index contributed by atoms with van der Waals surface area (Å²) in [5.41, 5.74) is 4.66. The topological polar surface area (TPSA) is 64.3 Å². The molecule has 1 aliphatic rings. The fourth-order valence-corrected chi connectivity index (χ4v) is 2.77. The molecule has 0 saturated carbocycles. The van der Waals surface area contributed by atoms with E-state index in [9.17, 15) is 0 Å². The first-order valence-electron chi connectivity index (χ1n) is 7.32. The van der Waals surface area contributed by atoms with E-state index in [-0.39, 0.29) is 0 Å². The number of aryl methyl sites for hydroxylation is 1. The largest absolute Gasteiger partial charge is 0.378 e. The molecule has 112 valence electrons. The molecular weight excluding hydrogens is 280 g/mol. The Morgan fingerprint density at radius 3 is 2.77 bits per heavy atom. The van der Waals surface area contributed by atoms with Gasteiger partial charge in [0.05, 0.1) is 13.2 Å². The van der Waals surface area contributed by atoms with Gasteiger partial charge in [-0.15, -0.1) is 0 Å². The number of anilines is 1. The van der Waals surface area contributed by atoms with Crippen LogP contribution in [-0.2, 0) is 4.74 Å². The maximum absolute atomic E-state index is 5.62. The summed E-state index contributed by atoms with van der Waals surface area (Å²) in [5, 5.41) is 4.25. The van der Waals surface area contributed by atoms with E-state index >= 15 is 0 Å². The summed E-state index contributed by atoms with van der Waals surface area (Å²) in [6.07, 6.45) is 5.43.